The SMILES string of the molecule is CCCCN(CC)C(C)C(C)CNC(C)C. The van der Waals surface area contributed by atoms with E-state index in [2.05, 4.69) is 51.8 Å². The maximum atomic E-state index is 3.53. The Balaban J connectivity index is 3.99. The van der Waals surface area contributed by atoms with Crippen molar-refractivity contribution in [3.8, 4) is 0 Å². The second-order valence-electron chi connectivity index (χ2n) is 5.26. The largest absolute Gasteiger partial charge is 0.314 e. The van der Waals surface area contributed by atoms with Crippen LogP contribution in [0.2, 0.25) is 0 Å². The molecule has 0 saturated heterocycles. The van der Waals surface area contributed by atoms with E-state index < -0.39 is 0 Å². The van der Waals surface area contributed by atoms with E-state index in [4.69, 9.17) is 0 Å². The number of rotatable bonds is 9. The molecule has 1 N–H and O–H groups in total. The number of hydrogen-bond donors (Lipinski definition) is 1. The summed E-state index contributed by atoms with van der Waals surface area (Å²) >= 11 is 0. The van der Waals surface area contributed by atoms with Crippen LogP contribution >= 0.6 is 0 Å². The summed E-state index contributed by atoms with van der Waals surface area (Å²) in [4.78, 5) is 2.61. The topological polar surface area (TPSA) is 15.3 Å². The molecule has 0 bridgehead atoms. The molecular formula is C14H32N2. The molecule has 0 aliphatic carbocycles. The lowest BCUT2D eigenvalue weighted by Gasteiger charge is -2.32. The first-order valence-corrected chi connectivity index (χ1v) is 7.00. The zero-order chi connectivity index (χ0) is 12.6. The normalized spacial score (nSPS) is 15.8. The van der Waals surface area contributed by atoms with Crippen LogP contribution in [0.3, 0.4) is 0 Å². The van der Waals surface area contributed by atoms with E-state index in [0.717, 1.165) is 12.5 Å². The molecule has 0 spiro atoms. The fourth-order valence-electron chi connectivity index (χ4n) is 1.96. The summed E-state index contributed by atoms with van der Waals surface area (Å²) in [6, 6.07) is 1.28. The highest BCUT2D eigenvalue weighted by atomic mass is 15.1. The summed E-state index contributed by atoms with van der Waals surface area (Å²) in [5.41, 5.74) is 0. The molecule has 0 aromatic heterocycles. The molecule has 0 saturated carbocycles. The first-order chi connectivity index (χ1) is 7.52. The van der Waals surface area contributed by atoms with Crippen molar-refractivity contribution in [3.05, 3.63) is 0 Å². The molecule has 0 aromatic rings. The van der Waals surface area contributed by atoms with Crippen molar-refractivity contribution in [2.45, 2.75) is 66.5 Å². The number of hydrogen-bond acceptors (Lipinski definition) is 2. The Morgan fingerprint density at radius 3 is 2.12 bits per heavy atom. The molecule has 0 fully saturated rings. The minimum atomic E-state index is 0.598. The monoisotopic (exact) mass is 228 g/mol. The predicted octanol–water partition coefficient (Wildman–Crippen LogP) is 3.13. The molecule has 0 aliphatic heterocycles. The van der Waals surface area contributed by atoms with Gasteiger partial charge in [0.2, 0.25) is 0 Å². The van der Waals surface area contributed by atoms with Crippen molar-refractivity contribution in [1.82, 2.24) is 10.2 Å². The number of nitrogens with zero attached hydrogens (tertiary/aromatic N) is 1. The van der Waals surface area contributed by atoms with Gasteiger partial charge in [-0.25, -0.2) is 0 Å². The summed E-state index contributed by atoms with van der Waals surface area (Å²) in [5, 5.41) is 3.53. The van der Waals surface area contributed by atoms with E-state index >= 15 is 0 Å². The van der Waals surface area contributed by atoms with Crippen molar-refractivity contribution in [3.63, 3.8) is 0 Å². The third-order valence-corrected chi connectivity index (χ3v) is 3.45. The van der Waals surface area contributed by atoms with Crippen LogP contribution in [-0.2, 0) is 0 Å². The molecule has 0 heterocycles. The summed E-state index contributed by atoms with van der Waals surface area (Å²) < 4.78 is 0. The second kappa shape index (κ2) is 9.00. The Morgan fingerprint density at radius 2 is 1.69 bits per heavy atom. The minimum absolute atomic E-state index is 0.598. The van der Waals surface area contributed by atoms with Crippen LogP contribution in [0, 0.1) is 5.92 Å². The van der Waals surface area contributed by atoms with E-state index in [1.54, 1.807) is 0 Å². The fraction of sp³-hybridized carbons (Fsp3) is 1.00. The van der Waals surface area contributed by atoms with Gasteiger partial charge < -0.3 is 10.2 Å². The van der Waals surface area contributed by atoms with Crippen molar-refractivity contribution in [1.29, 1.82) is 0 Å². The van der Waals surface area contributed by atoms with E-state index in [-0.39, 0.29) is 0 Å². The van der Waals surface area contributed by atoms with Gasteiger partial charge >= 0.3 is 0 Å². The highest BCUT2D eigenvalue weighted by Gasteiger charge is 2.18. The highest BCUT2D eigenvalue weighted by Crippen LogP contribution is 2.11. The van der Waals surface area contributed by atoms with Crippen molar-refractivity contribution >= 4 is 0 Å². The first-order valence-electron chi connectivity index (χ1n) is 7.00. The minimum Gasteiger partial charge on any atom is -0.314 e. The quantitative estimate of drug-likeness (QED) is 0.652. The molecular weight excluding hydrogens is 196 g/mol. The molecule has 2 atom stereocenters. The van der Waals surface area contributed by atoms with Crippen LogP contribution in [0.1, 0.15) is 54.4 Å². The highest BCUT2D eigenvalue weighted by molar-refractivity contribution is 4.74. The van der Waals surface area contributed by atoms with Gasteiger partial charge in [-0.2, -0.15) is 0 Å². The zero-order valence-electron chi connectivity index (χ0n) is 12.2. The molecule has 98 valence electrons. The average Bonchev–Trinajstić information content (AvgIpc) is 2.26. The Kier molecular flexibility index (Phi) is 8.96. The van der Waals surface area contributed by atoms with Crippen molar-refractivity contribution in [2.75, 3.05) is 19.6 Å². The molecule has 0 aliphatic rings. The molecule has 0 radical (unpaired) electrons. The number of nitrogens with one attached hydrogen (secondary N) is 1. The average molecular weight is 228 g/mol. The van der Waals surface area contributed by atoms with Crippen LogP contribution in [-0.4, -0.2) is 36.6 Å². The van der Waals surface area contributed by atoms with Gasteiger partial charge in [0.05, 0.1) is 0 Å². The molecule has 16 heavy (non-hydrogen) atoms. The van der Waals surface area contributed by atoms with E-state index in [1.165, 1.54) is 25.9 Å². The standard InChI is InChI=1S/C14H32N2/c1-7-9-10-16(8-2)14(6)13(5)11-15-12(3)4/h12-15H,7-11H2,1-6H3. The van der Waals surface area contributed by atoms with Crippen molar-refractivity contribution in [2.24, 2.45) is 5.92 Å². The molecule has 2 unspecified atom stereocenters. The molecule has 0 aromatic carbocycles. The van der Waals surface area contributed by atoms with E-state index in [9.17, 15) is 0 Å². The fourth-order valence-corrected chi connectivity index (χ4v) is 1.96. The smallest absolute Gasteiger partial charge is 0.0104 e. The van der Waals surface area contributed by atoms with Gasteiger partial charge in [-0.05, 0) is 38.9 Å². The van der Waals surface area contributed by atoms with Crippen LogP contribution < -0.4 is 5.32 Å². The van der Waals surface area contributed by atoms with Crippen LogP contribution in [0.15, 0.2) is 0 Å². The summed E-state index contributed by atoms with van der Waals surface area (Å²) in [6.45, 7) is 17.2. The van der Waals surface area contributed by atoms with E-state index in [1.807, 2.05) is 0 Å². The van der Waals surface area contributed by atoms with E-state index in [0.29, 0.717) is 12.1 Å². The van der Waals surface area contributed by atoms with Gasteiger partial charge in [-0.15, -0.1) is 0 Å². The van der Waals surface area contributed by atoms with Gasteiger partial charge in [0, 0.05) is 12.1 Å². The van der Waals surface area contributed by atoms with Crippen LogP contribution in [0.4, 0.5) is 0 Å². The van der Waals surface area contributed by atoms with Gasteiger partial charge in [0.25, 0.3) is 0 Å². The first kappa shape index (κ1) is 15.9. The van der Waals surface area contributed by atoms with Gasteiger partial charge in [-0.1, -0.05) is 41.0 Å². The molecule has 0 rings (SSSR count). The maximum Gasteiger partial charge on any atom is 0.0104 e. The summed E-state index contributed by atoms with van der Waals surface area (Å²) in [7, 11) is 0. The van der Waals surface area contributed by atoms with Gasteiger partial charge in [0.1, 0.15) is 0 Å². The second-order valence-corrected chi connectivity index (χ2v) is 5.26. The summed E-state index contributed by atoms with van der Waals surface area (Å²) in [5.74, 6) is 0.721. The zero-order valence-corrected chi connectivity index (χ0v) is 12.2. The molecule has 2 nitrogen and oxygen atoms in total. The Labute approximate surface area is 103 Å². The lowest BCUT2D eigenvalue weighted by molar-refractivity contribution is 0.164. The van der Waals surface area contributed by atoms with Gasteiger partial charge in [0.15, 0.2) is 0 Å². The lowest BCUT2D eigenvalue weighted by atomic mass is 10.0. The summed E-state index contributed by atoms with van der Waals surface area (Å²) in [6.07, 6.45) is 2.62. The Morgan fingerprint density at radius 1 is 1.06 bits per heavy atom. The third kappa shape index (κ3) is 6.49. The number of unbranched alkanes of at least 4 members (excludes halogenated alkanes) is 1. The maximum absolute atomic E-state index is 3.53. The van der Waals surface area contributed by atoms with Crippen LogP contribution in [0.5, 0.6) is 0 Å². The Bertz CT molecular complexity index is 157. The molecule has 2 heteroatoms. The van der Waals surface area contributed by atoms with Crippen LogP contribution in [0.25, 0.3) is 0 Å². The van der Waals surface area contributed by atoms with Gasteiger partial charge in [-0.3, -0.25) is 0 Å². The Hall–Kier alpha value is -0.0800. The predicted molar refractivity (Wildman–Crippen MR) is 73.9 cm³/mol. The molecule has 0 amide bonds. The lowest BCUT2D eigenvalue weighted by Crippen LogP contribution is -2.42. The third-order valence-electron chi connectivity index (χ3n) is 3.45. The van der Waals surface area contributed by atoms with Crippen molar-refractivity contribution < 1.29 is 0 Å².